The molecule has 5 rings (SSSR count). The zero-order valence-corrected chi connectivity index (χ0v) is 39.9. The Morgan fingerprint density at radius 3 is 1.88 bits per heavy atom. The van der Waals surface area contributed by atoms with E-state index in [0.717, 1.165) is 12.8 Å². The minimum absolute atomic E-state index is 0. The van der Waals surface area contributed by atoms with Crippen LogP contribution in [0, 0.1) is 24.2 Å². The summed E-state index contributed by atoms with van der Waals surface area (Å²) in [4.78, 5) is 61.8. The summed E-state index contributed by atoms with van der Waals surface area (Å²) in [6.45, 7) is 13.5. The number of nitrogens with one attached hydrogen (secondary N) is 1. The molecular weight excluding hydrogens is 892 g/mol. The van der Waals surface area contributed by atoms with Crippen molar-refractivity contribution in [3.63, 3.8) is 0 Å². The molecule has 0 spiro atoms. The van der Waals surface area contributed by atoms with Crippen molar-refractivity contribution in [2.24, 2.45) is 23.3 Å². The van der Waals surface area contributed by atoms with E-state index < -0.39 is 24.1 Å². The molecule has 0 aromatic carbocycles. The first-order valence-electron chi connectivity index (χ1n) is 22.8. The summed E-state index contributed by atoms with van der Waals surface area (Å²) < 4.78 is 19.5. The maximum atomic E-state index is 14.1. The number of hydrogen-bond acceptors (Lipinski definition) is 19. The lowest BCUT2D eigenvalue weighted by atomic mass is 9.97. The largest absolute Gasteiger partial charge is 0.481 e. The van der Waals surface area contributed by atoms with Crippen LogP contribution in [0.25, 0.3) is 0 Å². The van der Waals surface area contributed by atoms with Gasteiger partial charge in [0.25, 0.3) is 0 Å². The number of aliphatic hydroxyl groups excluding tert-OH is 1. The van der Waals surface area contributed by atoms with Crippen LogP contribution in [0.4, 0.5) is 17.8 Å². The summed E-state index contributed by atoms with van der Waals surface area (Å²) in [5, 5.41) is 39.1. The SMILES string of the molecule is C#CCOCCOCCOCCNc1nc(N2CCN(C(=O)C([C@@H](C)CC)n3cc(C(N)CO)nn3)CC2)nc(N2CCN(C(=O)[C@H](CCC(=O)O)n3cc(C(N)[C@H](C)CC)nn3)CC2)n1.Cl. The molecule has 2 saturated heterocycles. The van der Waals surface area contributed by atoms with Crippen LogP contribution in [-0.2, 0) is 28.6 Å². The number of halogens is 1. The summed E-state index contributed by atoms with van der Waals surface area (Å²) in [5.41, 5.74) is 13.3. The third-order valence-electron chi connectivity index (χ3n) is 12.0. The normalized spacial score (nSPS) is 16.9. The molecule has 7 N–H and O–H groups in total. The van der Waals surface area contributed by atoms with Gasteiger partial charge in [0.15, 0.2) is 0 Å². The number of carbonyl (C=O) groups excluding carboxylic acids is 2. The molecule has 372 valence electrons. The monoisotopic (exact) mass is 961 g/mol. The summed E-state index contributed by atoms with van der Waals surface area (Å²) in [5.74, 6) is 2.32. The second-order valence-electron chi connectivity index (χ2n) is 16.5. The van der Waals surface area contributed by atoms with Crippen molar-refractivity contribution in [1.29, 1.82) is 0 Å². The van der Waals surface area contributed by atoms with E-state index in [1.54, 1.807) is 22.0 Å². The number of nitrogens with zero attached hydrogens (tertiary/aromatic N) is 13. The molecule has 25 heteroatoms. The molecule has 0 saturated carbocycles. The Bertz CT molecular complexity index is 2020. The van der Waals surface area contributed by atoms with Crippen molar-refractivity contribution in [2.75, 3.05) is 120 Å². The van der Waals surface area contributed by atoms with Gasteiger partial charge in [0, 0.05) is 65.3 Å². The molecule has 2 fully saturated rings. The lowest BCUT2D eigenvalue weighted by molar-refractivity contribution is -0.139. The third kappa shape index (κ3) is 15.4. The quantitative estimate of drug-likeness (QED) is 0.0507. The van der Waals surface area contributed by atoms with E-state index >= 15 is 0 Å². The molecule has 2 aliphatic heterocycles. The van der Waals surface area contributed by atoms with Gasteiger partial charge < -0.3 is 60.8 Å². The molecule has 24 nitrogen and oxygen atoms in total. The number of amides is 2. The number of aliphatic hydroxyl groups is 1. The fraction of sp³-hybridized carbons (Fsp3) is 0.714. The van der Waals surface area contributed by atoms with E-state index in [9.17, 15) is 24.6 Å². The van der Waals surface area contributed by atoms with Crippen LogP contribution in [0.1, 0.15) is 88.9 Å². The zero-order chi connectivity index (χ0) is 47.6. The van der Waals surface area contributed by atoms with Gasteiger partial charge in [-0.05, 0) is 18.3 Å². The molecular formula is C42H69ClN16O8. The molecule has 2 aliphatic rings. The van der Waals surface area contributed by atoms with Gasteiger partial charge in [0.2, 0.25) is 29.7 Å². The minimum Gasteiger partial charge on any atom is -0.481 e. The first kappa shape index (κ1) is 54.3. The highest BCUT2D eigenvalue weighted by atomic mass is 35.5. The third-order valence-corrected chi connectivity index (χ3v) is 12.0. The Morgan fingerprint density at radius 2 is 1.31 bits per heavy atom. The summed E-state index contributed by atoms with van der Waals surface area (Å²) in [7, 11) is 0. The maximum Gasteiger partial charge on any atom is 0.303 e. The average Bonchev–Trinajstić information content (AvgIpc) is 4.04. The number of ether oxygens (including phenoxy) is 3. The summed E-state index contributed by atoms with van der Waals surface area (Å²) in [6.07, 6.45) is 9.86. The molecule has 2 amide bonds. The molecule has 0 radical (unpaired) electrons. The van der Waals surface area contributed by atoms with Gasteiger partial charge in [-0.3, -0.25) is 14.4 Å². The highest BCUT2D eigenvalue weighted by Gasteiger charge is 2.35. The first-order chi connectivity index (χ1) is 31.9. The first-order valence-corrected chi connectivity index (χ1v) is 22.8. The Kier molecular flexibility index (Phi) is 22.3. The fourth-order valence-electron chi connectivity index (χ4n) is 7.47. The zero-order valence-electron chi connectivity index (χ0n) is 39.1. The number of carboxylic acids is 1. The van der Waals surface area contributed by atoms with Crippen molar-refractivity contribution in [3.8, 4) is 12.3 Å². The number of rotatable bonds is 27. The number of hydrogen-bond donors (Lipinski definition) is 5. The molecule has 6 atom stereocenters. The van der Waals surface area contributed by atoms with E-state index in [0.29, 0.717) is 121 Å². The molecule has 67 heavy (non-hydrogen) atoms. The van der Waals surface area contributed by atoms with Gasteiger partial charge in [0.05, 0.1) is 69.8 Å². The number of terminal acetylenes is 1. The average molecular weight is 962 g/mol. The number of anilines is 3. The van der Waals surface area contributed by atoms with E-state index in [4.69, 9.17) is 47.1 Å². The highest BCUT2D eigenvalue weighted by molar-refractivity contribution is 5.85. The van der Waals surface area contributed by atoms with Gasteiger partial charge >= 0.3 is 5.97 Å². The van der Waals surface area contributed by atoms with Crippen LogP contribution in [0.2, 0.25) is 0 Å². The predicted octanol–water partition coefficient (Wildman–Crippen LogP) is 0.300. The highest BCUT2D eigenvalue weighted by Crippen LogP contribution is 2.27. The molecule has 0 bridgehead atoms. The van der Waals surface area contributed by atoms with Crippen LogP contribution in [0.15, 0.2) is 12.4 Å². The topological polar surface area (TPSA) is 296 Å². The maximum absolute atomic E-state index is 14.1. The van der Waals surface area contributed by atoms with Crippen LogP contribution >= 0.6 is 12.4 Å². The van der Waals surface area contributed by atoms with Crippen LogP contribution in [0.5, 0.6) is 0 Å². The fourth-order valence-corrected chi connectivity index (χ4v) is 7.47. The number of aromatic nitrogens is 9. The minimum atomic E-state index is -1.02. The molecule has 3 unspecified atom stereocenters. The van der Waals surface area contributed by atoms with E-state index in [-0.39, 0.29) is 68.2 Å². The smallest absolute Gasteiger partial charge is 0.303 e. The van der Waals surface area contributed by atoms with Gasteiger partial charge in [-0.1, -0.05) is 56.9 Å². The Balaban J connectivity index is 0.00000980. The van der Waals surface area contributed by atoms with Crippen LogP contribution in [0.3, 0.4) is 0 Å². The van der Waals surface area contributed by atoms with Crippen LogP contribution in [-0.4, -0.2) is 188 Å². The summed E-state index contributed by atoms with van der Waals surface area (Å²) >= 11 is 0. The number of carbonyl (C=O) groups is 3. The number of nitrogens with two attached hydrogens (primary N) is 2. The van der Waals surface area contributed by atoms with E-state index in [1.807, 2.05) is 42.4 Å². The molecule has 3 aromatic rings. The van der Waals surface area contributed by atoms with Crippen molar-refractivity contribution in [2.45, 2.75) is 77.5 Å². The Labute approximate surface area is 397 Å². The number of aliphatic carboxylic acids is 1. The molecule has 5 heterocycles. The molecule has 3 aromatic heterocycles. The number of piperazine rings is 2. The van der Waals surface area contributed by atoms with E-state index in [1.165, 1.54) is 4.68 Å². The Hall–Kier alpha value is -5.29. The predicted molar refractivity (Wildman–Crippen MR) is 249 cm³/mol. The second-order valence-corrected chi connectivity index (χ2v) is 16.5. The van der Waals surface area contributed by atoms with Crippen molar-refractivity contribution < 1.29 is 38.8 Å². The van der Waals surface area contributed by atoms with Gasteiger partial charge in [0.1, 0.15) is 24.4 Å². The lowest BCUT2D eigenvalue weighted by Gasteiger charge is -2.38. The van der Waals surface area contributed by atoms with E-state index in [2.05, 4.69) is 31.9 Å². The summed E-state index contributed by atoms with van der Waals surface area (Å²) in [6, 6.07) is -2.55. The van der Waals surface area contributed by atoms with Gasteiger partial charge in [-0.15, -0.1) is 29.0 Å². The van der Waals surface area contributed by atoms with Gasteiger partial charge in [-0.2, -0.15) is 15.0 Å². The molecule has 0 aliphatic carbocycles. The van der Waals surface area contributed by atoms with Crippen LogP contribution < -0.4 is 26.6 Å². The van der Waals surface area contributed by atoms with Crippen molar-refractivity contribution in [3.05, 3.63) is 23.8 Å². The van der Waals surface area contributed by atoms with Crippen molar-refractivity contribution >= 4 is 48.0 Å². The second kappa shape index (κ2) is 27.5. The van der Waals surface area contributed by atoms with Gasteiger partial charge in [-0.25, -0.2) is 9.36 Å². The number of carboxylic acid groups (broad SMARTS) is 1. The van der Waals surface area contributed by atoms with Crippen molar-refractivity contribution in [1.82, 2.24) is 54.7 Å². The Morgan fingerprint density at radius 1 is 0.776 bits per heavy atom. The lowest BCUT2D eigenvalue weighted by Crippen LogP contribution is -2.52. The standard InChI is InChI=1S/C42H68N16O8.ClH/c1-6-20-64-22-24-66-25-23-65-21-11-45-40-46-41(55-16-12-53(13-17-55)38(62)34(9-10-35(60)61)57-27-33(50-51-57)36(44)29(4)7-2)48-42(47-40)56-18-14-54(15-19-56)39(63)37(30(5)8-3)58-26-32(49-52-58)31(43)28-59;/h1,26-27,29-31,34,36-37,59H,7-25,28,43-44H2,2-5H3,(H,60,61)(H,45,46,47,48);1H/t29-,30+,31?,34+,36?,37?;/m1./s1.